The Balaban J connectivity index is 1.50. The zero-order valence-electron chi connectivity index (χ0n) is 18.8. The number of halogens is 2. The maximum Gasteiger partial charge on any atom is 0.694 e. The summed E-state index contributed by atoms with van der Waals surface area (Å²) in [5.41, 5.74) is 3.13. The van der Waals surface area contributed by atoms with Gasteiger partial charge in [-0.15, -0.1) is 9.42 Å². The summed E-state index contributed by atoms with van der Waals surface area (Å²) in [6.07, 6.45) is 7.27. The van der Waals surface area contributed by atoms with E-state index >= 15 is 0 Å². The molecular formula is C25H29F2NO5P+. The smallest absolute Gasteiger partial charge is 0.493 e. The minimum Gasteiger partial charge on any atom is -0.493 e. The predicted octanol–water partition coefficient (Wildman–Crippen LogP) is 6.16. The van der Waals surface area contributed by atoms with E-state index in [0.29, 0.717) is 37.4 Å². The van der Waals surface area contributed by atoms with Crippen LogP contribution in [0.4, 0.5) is 8.78 Å². The predicted molar refractivity (Wildman–Crippen MR) is 126 cm³/mol. The van der Waals surface area contributed by atoms with Gasteiger partial charge < -0.3 is 14.5 Å². The Hall–Kier alpha value is -2.64. The molecule has 182 valence electrons. The number of ether oxygens (including phenoxy) is 1. The highest BCUT2D eigenvalue weighted by Gasteiger charge is 2.14. The fourth-order valence-electron chi connectivity index (χ4n) is 3.50. The lowest BCUT2D eigenvalue weighted by molar-refractivity contribution is 0.276. The molecule has 0 saturated heterocycles. The summed E-state index contributed by atoms with van der Waals surface area (Å²) in [7, 11) is -2.59. The van der Waals surface area contributed by atoms with Gasteiger partial charge in [0.15, 0.2) is 0 Å². The summed E-state index contributed by atoms with van der Waals surface area (Å²) in [6, 6.07) is 11.5. The van der Waals surface area contributed by atoms with Crippen LogP contribution in [0.3, 0.4) is 0 Å². The standard InChI is InChI=1S/C25H28F2NO5P/c26-22-8-6-19(7-9-22)5-2-1-3-12-32-25-16-24(27)21(15-23(25)20-10-14-31-18-20)17-28-11-4-13-33-34(29)30/h6-10,14-16,18,28H,1-5,11-13,17H2/p+1. The topological polar surface area (TPSA) is 80.9 Å². The summed E-state index contributed by atoms with van der Waals surface area (Å²) in [6.45, 7) is 1.42. The second-order valence-corrected chi connectivity index (χ2v) is 8.57. The van der Waals surface area contributed by atoms with Crippen molar-refractivity contribution >= 4 is 8.25 Å². The molecule has 1 heterocycles. The SMILES string of the molecule is O=[P+](O)OCCCNCc1cc(-c2ccoc2)c(OCCCCCc2ccc(F)cc2)cc1F. The van der Waals surface area contributed by atoms with Crippen molar-refractivity contribution in [2.75, 3.05) is 19.8 Å². The molecule has 0 aliphatic rings. The van der Waals surface area contributed by atoms with E-state index in [1.54, 1.807) is 36.8 Å². The summed E-state index contributed by atoms with van der Waals surface area (Å²) >= 11 is 0. The van der Waals surface area contributed by atoms with Crippen LogP contribution >= 0.6 is 8.25 Å². The average Bonchev–Trinajstić information content (AvgIpc) is 3.35. The number of hydrogen-bond donors (Lipinski definition) is 2. The lowest BCUT2D eigenvalue weighted by Crippen LogP contribution is -2.17. The van der Waals surface area contributed by atoms with Crippen LogP contribution in [0.25, 0.3) is 11.1 Å². The van der Waals surface area contributed by atoms with Crippen LogP contribution in [0.1, 0.15) is 36.8 Å². The summed E-state index contributed by atoms with van der Waals surface area (Å²) in [5.74, 6) is -0.145. The van der Waals surface area contributed by atoms with Gasteiger partial charge in [-0.3, -0.25) is 0 Å². The van der Waals surface area contributed by atoms with E-state index in [1.807, 2.05) is 0 Å². The van der Waals surface area contributed by atoms with Gasteiger partial charge in [0.05, 0.1) is 19.1 Å². The molecule has 3 aromatic rings. The molecule has 3 rings (SSSR count). The van der Waals surface area contributed by atoms with Crippen molar-refractivity contribution in [3.05, 3.63) is 77.8 Å². The van der Waals surface area contributed by atoms with Gasteiger partial charge in [0.2, 0.25) is 0 Å². The minimum atomic E-state index is -2.59. The first kappa shape index (κ1) is 26.0. The number of benzene rings is 2. The highest BCUT2D eigenvalue weighted by molar-refractivity contribution is 7.32. The highest BCUT2D eigenvalue weighted by atomic mass is 31.1. The van der Waals surface area contributed by atoms with Gasteiger partial charge >= 0.3 is 8.25 Å². The van der Waals surface area contributed by atoms with Crippen LogP contribution in [0.5, 0.6) is 5.75 Å². The van der Waals surface area contributed by atoms with Gasteiger partial charge in [0, 0.05) is 33.9 Å². The van der Waals surface area contributed by atoms with Crippen molar-refractivity contribution in [1.82, 2.24) is 5.32 Å². The minimum absolute atomic E-state index is 0.151. The third-order valence-corrected chi connectivity index (χ3v) is 5.68. The van der Waals surface area contributed by atoms with Crippen LogP contribution in [0.15, 0.2) is 59.4 Å². The molecule has 1 atom stereocenters. The highest BCUT2D eigenvalue weighted by Crippen LogP contribution is 2.33. The van der Waals surface area contributed by atoms with E-state index < -0.39 is 8.25 Å². The molecule has 0 aliphatic carbocycles. The lowest BCUT2D eigenvalue weighted by atomic mass is 10.0. The Morgan fingerprint density at radius 2 is 1.82 bits per heavy atom. The molecule has 2 N–H and O–H groups in total. The third-order valence-electron chi connectivity index (χ3n) is 5.28. The molecule has 2 aromatic carbocycles. The van der Waals surface area contributed by atoms with Crippen LogP contribution in [-0.2, 0) is 22.1 Å². The Bertz CT molecular complexity index is 1030. The van der Waals surface area contributed by atoms with Gasteiger partial charge in [-0.25, -0.2) is 8.78 Å². The maximum atomic E-state index is 14.7. The molecule has 0 spiro atoms. The number of rotatable bonds is 15. The largest absolute Gasteiger partial charge is 0.694 e. The van der Waals surface area contributed by atoms with Crippen molar-refractivity contribution in [3.8, 4) is 16.9 Å². The Kier molecular flexibility index (Phi) is 10.6. The number of hydrogen-bond acceptors (Lipinski definition) is 5. The van der Waals surface area contributed by atoms with Crippen LogP contribution in [0, 0.1) is 11.6 Å². The van der Waals surface area contributed by atoms with Crippen molar-refractivity contribution in [2.45, 2.75) is 38.6 Å². The number of unbranched alkanes of at least 4 members (excludes halogenated alkanes) is 2. The fraction of sp³-hybridized carbons (Fsp3) is 0.360. The first-order valence-corrected chi connectivity index (χ1v) is 12.4. The monoisotopic (exact) mass is 492 g/mol. The van der Waals surface area contributed by atoms with Crippen molar-refractivity contribution in [3.63, 3.8) is 0 Å². The van der Waals surface area contributed by atoms with Gasteiger partial charge in [0.25, 0.3) is 0 Å². The Morgan fingerprint density at radius 3 is 2.56 bits per heavy atom. The molecule has 0 radical (unpaired) electrons. The van der Waals surface area contributed by atoms with Crippen molar-refractivity contribution in [2.24, 2.45) is 0 Å². The normalized spacial score (nSPS) is 11.6. The van der Waals surface area contributed by atoms with Crippen molar-refractivity contribution < 1.29 is 31.9 Å². The number of nitrogens with one attached hydrogen (secondary N) is 1. The Labute approximate surface area is 198 Å². The van der Waals surface area contributed by atoms with Crippen LogP contribution in [-0.4, -0.2) is 24.7 Å². The quantitative estimate of drug-likeness (QED) is 0.195. The zero-order valence-corrected chi connectivity index (χ0v) is 19.7. The molecule has 6 nitrogen and oxygen atoms in total. The second-order valence-electron chi connectivity index (χ2n) is 7.84. The molecule has 34 heavy (non-hydrogen) atoms. The first-order valence-electron chi connectivity index (χ1n) is 11.2. The molecule has 0 aliphatic heterocycles. The molecule has 1 aromatic heterocycles. The lowest BCUT2D eigenvalue weighted by Gasteiger charge is -2.14. The van der Waals surface area contributed by atoms with Gasteiger partial charge in [-0.05, 0) is 68.5 Å². The van der Waals surface area contributed by atoms with Gasteiger partial charge in [-0.2, -0.15) is 0 Å². The molecule has 0 amide bonds. The summed E-state index contributed by atoms with van der Waals surface area (Å²) in [4.78, 5) is 8.62. The van der Waals surface area contributed by atoms with Gasteiger partial charge in [-0.1, -0.05) is 12.1 Å². The van der Waals surface area contributed by atoms with Crippen LogP contribution in [0.2, 0.25) is 0 Å². The maximum absolute atomic E-state index is 14.7. The first-order chi connectivity index (χ1) is 16.5. The number of aryl methyl sites for hydroxylation is 1. The van der Waals surface area contributed by atoms with E-state index in [-0.39, 0.29) is 18.2 Å². The molecule has 0 saturated carbocycles. The summed E-state index contributed by atoms with van der Waals surface area (Å²) in [5, 5.41) is 3.11. The van der Waals surface area contributed by atoms with Gasteiger partial charge in [0.1, 0.15) is 24.0 Å². The molecule has 1 unspecified atom stereocenters. The average molecular weight is 492 g/mol. The van der Waals surface area contributed by atoms with Crippen molar-refractivity contribution in [1.29, 1.82) is 0 Å². The number of furan rings is 1. The van der Waals surface area contributed by atoms with E-state index in [9.17, 15) is 13.3 Å². The van der Waals surface area contributed by atoms with E-state index in [0.717, 1.165) is 42.4 Å². The molecule has 9 heteroatoms. The third kappa shape index (κ3) is 8.61. The van der Waals surface area contributed by atoms with E-state index in [1.165, 1.54) is 18.2 Å². The zero-order chi connectivity index (χ0) is 24.2. The summed E-state index contributed by atoms with van der Waals surface area (Å²) < 4.78 is 53.9. The molecule has 0 fully saturated rings. The molecule has 0 bridgehead atoms. The Morgan fingerprint density at radius 1 is 1.00 bits per heavy atom. The fourth-order valence-corrected chi connectivity index (χ4v) is 3.79. The second kappa shape index (κ2) is 13.9. The molecular weight excluding hydrogens is 463 g/mol. The van der Waals surface area contributed by atoms with E-state index in [4.69, 9.17) is 14.0 Å². The van der Waals surface area contributed by atoms with Crippen LogP contribution < -0.4 is 10.1 Å². The van der Waals surface area contributed by atoms with E-state index in [2.05, 4.69) is 9.84 Å².